The van der Waals surface area contributed by atoms with Gasteiger partial charge < -0.3 is 9.84 Å². The number of halogens is 6. The van der Waals surface area contributed by atoms with E-state index in [4.69, 9.17) is 4.74 Å². The molecule has 15 heteroatoms. The second-order valence-electron chi connectivity index (χ2n) is 8.15. The molecule has 0 amide bonds. The summed E-state index contributed by atoms with van der Waals surface area (Å²) in [4.78, 5) is 20.5. The number of nitrogens with one attached hydrogen (secondary N) is 1. The van der Waals surface area contributed by atoms with Crippen molar-refractivity contribution in [3.05, 3.63) is 81.3 Å². The second-order valence-corrected chi connectivity index (χ2v) is 8.15. The Hall–Kier alpha value is -4.87. The number of aromatic hydroxyl groups is 1. The van der Waals surface area contributed by atoms with E-state index in [2.05, 4.69) is 20.2 Å². The van der Waals surface area contributed by atoms with Gasteiger partial charge in [-0.05, 0) is 31.2 Å². The molecule has 0 radical (unpaired) electrons. The van der Waals surface area contributed by atoms with Crippen molar-refractivity contribution >= 4 is 0 Å². The van der Waals surface area contributed by atoms with Gasteiger partial charge in [0.2, 0.25) is 11.6 Å². The van der Waals surface area contributed by atoms with E-state index in [0.29, 0.717) is 28.2 Å². The first-order valence-corrected chi connectivity index (χ1v) is 10.9. The van der Waals surface area contributed by atoms with Crippen LogP contribution in [0.3, 0.4) is 0 Å². The average Bonchev–Trinajstić information content (AvgIpc) is 3.43. The summed E-state index contributed by atoms with van der Waals surface area (Å²) in [7, 11) is 0. The molecule has 39 heavy (non-hydrogen) atoms. The van der Waals surface area contributed by atoms with Crippen molar-refractivity contribution in [3.63, 3.8) is 0 Å². The number of ether oxygens (including phenoxy) is 1. The Labute approximate surface area is 215 Å². The fourth-order valence-corrected chi connectivity index (χ4v) is 3.52. The van der Waals surface area contributed by atoms with Crippen molar-refractivity contribution < 1.29 is 36.2 Å². The van der Waals surface area contributed by atoms with Gasteiger partial charge >= 0.3 is 12.3 Å². The molecule has 0 bridgehead atoms. The van der Waals surface area contributed by atoms with Crippen LogP contribution in [0.4, 0.5) is 26.3 Å². The van der Waals surface area contributed by atoms with Gasteiger partial charge in [-0.25, -0.2) is 27.5 Å². The molecular formula is C24H16F6N6O3. The number of rotatable bonds is 8. The lowest BCUT2D eigenvalue weighted by Gasteiger charge is -2.20. The predicted molar refractivity (Wildman–Crippen MR) is 122 cm³/mol. The van der Waals surface area contributed by atoms with E-state index in [1.165, 1.54) is 31.5 Å². The third kappa shape index (κ3) is 5.26. The van der Waals surface area contributed by atoms with Gasteiger partial charge in [-0.1, -0.05) is 0 Å². The summed E-state index contributed by atoms with van der Waals surface area (Å²) in [6.45, 7) is 0.723. The van der Waals surface area contributed by atoms with Gasteiger partial charge in [-0.15, -0.1) is 0 Å². The fourth-order valence-electron chi connectivity index (χ4n) is 3.52. The highest BCUT2D eigenvalue weighted by Crippen LogP contribution is 2.40. The monoisotopic (exact) mass is 550 g/mol. The van der Waals surface area contributed by atoms with Crippen LogP contribution in [0.25, 0.3) is 11.3 Å². The number of hydrogen-bond donors (Lipinski definition) is 2. The number of aromatic amines is 1. The summed E-state index contributed by atoms with van der Waals surface area (Å²) in [6, 6.07) is 6.02. The van der Waals surface area contributed by atoms with Crippen molar-refractivity contribution in [2.24, 2.45) is 0 Å². The van der Waals surface area contributed by atoms with Gasteiger partial charge in [-0.3, -0.25) is 14.5 Å². The molecule has 9 nitrogen and oxygen atoms in total. The summed E-state index contributed by atoms with van der Waals surface area (Å²) >= 11 is 0. The number of benzene rings is 1. The Kier molecular flexibility index (Phi) is 7.30. The van der Waals surface area contributed by atoms with E-state index >= 15 is 0 Å². The minimum Gasteiger partial charge on any atom is -0.493 e. The lowest BCUT2D eigenvalue weighted by Crippen LogP contribution is -2.31. The van der Waals surface area contributed by atoms with Crippen molar-refractivity contribution in [2.75, 3.05) is 0 Å². The lowest BCUT2D eigenvalue weighted by molar-refractivity contribution is -0.139. The maximum absolute atomic E-state index is 14.4. The lowest BCUT2D eigenvalue weighted by atomic mass is 10.0. The first kappa shape index (κ1) is 27.2. The Balaban J connectivity index is 1.82. The van der Waals surface area contributed by atoms with Crippen molar-refractivity contribution in [1.29, 1.82) is 5.26 Å². The quantitative estimate of drug-likeness (QED) is 0.294. The molecule has 4 aromatic rings. The first-order valence-electron chi connectivity index (χ1n) is 10.9. The van der Waals surface area contributed by atoms with Crippen LogP contribution >= 0.6 is 0 Å². The summed E-state index contributed by atoms with van der Waals surface area (Å²) in [5.74, 6) is -7.48. The topological polar surface area (TPSA) is 130 Å². The zero-order chi connectivity index (χ0) is 28.5. The third-order valence-electron chi connectivity index (χ3n) is 5.64. The van der Waals surface area contributed by atoms with Crippen LogP contribution in [0.15, 0.2) is 47.8 Å². The summed E-state index contributed by atoms with van der Waals surface area (Å²) < 4.78 is 87.9. The maximum atomic E-state index is 14.4. The van der Waals surface area contributed by atoms with Crippen molar-refractivity contribution in [2.45, 2.75) is 32.2 Å². The number of hydrogen-bond acceptors (Lipinski definition) is 7. The Bertz CT molecular complexity index is 1620. The molecule has 0 aliphatic carbocycles. The van der Waals surface area contributed by atoms with Crippen molar-refractivity contribution in [3.8, 4) is 34.7 Å². The maximum Gasteiger partial charge on any atom is 0.352 e. The summed E-state index contributed by atoms with van der Waals surface area (Å²) in [6.07, 6.45) is -3.91. The van der Waals surface area contributed by atoms with E-state index in [-0.39, 0.29) is 16.7 Å². The molecule has 0 unspecified atom stereocenters. The second kappa shape index (κ2) is 10.5. The fraction of sp³-hybridized carbons (Fsp3) is 0.208. The molecule has 0 aliphatic rings. The molecule has 2 N–H and O–H groups in total. The molecule has 3 heterocycles. The average molecular weight is 550 g/mol. The minimum atomic E-state index is -4.96. The van der Waals surface area contributed by atoms with E-state index in [9.17, 15) is 41.5 Å². The number of nitrogens with zero attached hydrogens (tertiary/aromatic N) is 5. The number of pyridine rings is 1. The van der Waals surface area contributed by atoms with Gasteiger partial charge in [0.1, 0.15) is 5.75 Å². The normalized spacial score (nSPS) is 11.7. The van der Waals surface area contributed by atoms with Crippen LogP contribution in [0.1, 0.15) is 34.4 Å². The zero-order valence-corrected chi connectivity index (χ0v) is 19.7. The summed E-state index contributed by atoms with van der Waals surface area (Å²) in [5.41, 5.74) is -3.42. The Morgan fingerprint density at radius 1 is 1.23 bits per heavy atom. The minimum absolute atomic E-state index is 0.0214. The third-order valence-corrected chi connectivity index (χ3v) is 5.64. The van der Waals surface area contributed by atoms with Crippen molar-refractivity contribution in [1.82, 2.24) is 24.7 Å². The molecule has 0 atom stereocenters. The molecule has 0 saturated heterocycles. The predicted octanol–water partition coefficient (Wildman–Crippen LogP) is 5.05. The molecule has 0 aliphatic heterocycles. The number of aromatic nitrogens is 5. The van der Waals surface area contributed by atoms with Crippen LogP contribution in [0.5, 0.6) is 17.4 Å². The zero-order valence-electron chi connectivity index (χ0n) is 19.7. The van der Waals surface area contributed by atoms with Crippen LogP contribution < -0.4 is 10.3 Å². The molecular weight excluding hydrogens is 534 g/mol. The molecule has 0 saturated carbocycles. The van der Waals surface area contributed by atoms with Crippen LogP contribution in [-0.2, 0) is 12.5 Å². The Morgan fingerprint density at radius 2 is 1.97 bits per heavy atom. The van der Waals surface area contributed by atoms with Crippen LogP contribution in [-0.4, -0.2) is 36.3 Å². The largest absolute Gasteiger partial charge is 0.493 e. The van der Waals surface area contributed by atoms with Gasteiger partial charge in [0.25, 0.3) is 12.0 Å². The smallest absolute Gasteiger partial charge is 0.352 e. The van der Waals surface area contributed by atoms with Gasteiger partial charge in [0.15, 0.2) is 5.69 Å². The van der Waals surface area contributed by atoms with E-state index in [0.717, 1.165) is 6.07 Å². The summed E-state index contributed by atoms with van der Waals surface area (Å²) in [5, 5.41) is 25.9. The SMILES string of the molecule is Cc1c(C#N)cc(C(F)F)cc1Oc1c(C(F)(F)C(F)F)ncn(Cc2ccc(-c3cn[nH]c3)nc2O)c1=O. The highest BCUT2D eigenvalue weighted by Gasteiger charge is 2.48. The van der Waals surface area contributed by atoms with E-state index in [1.807, 2.05) is 0 Å². The molecule has 202 valence electrons. The molecule has 1 aromatic carbocycles. The van der Waals surface area contributed by atoms with E-state index < -0.39 is 59.5 Å². The molecule has 4 rings (SSSR count). The van der Waals surface area contributed by atoms with Crippen LogP contribution in [0, 0.1) is 18.3 Å². The first-order chi connectivity index (χ1) is 18.4. The standard InChI is InChI=1S/C24H16F6N6O3/c1-11-14(6-31)4-13(20(25)26)5-17(11)39-18-19(24(29,30)23(27)28)32-10-36(22(18)38)9-12-2-3-16(35-21(12)37)15-7-33-34-8-15/h2-5,7-8,10,20,23H,9H2,1H3,(H,33,34)(H,35,37). The van der Waals surface area contributed by atoms with E-state index in [1.54, 1.807) is 6.07 Å². The molecule has 3 aromatic heterocycles. The molecule has 0 spiro atoms. The Morgan fingerprint density at radius 3 is 2.56 bits per heavy atom. The number of H-pyrrole nitrogens is 1. The van der Waals surface area contributed by atoms with Gasteiger partial charge in [-0.2, -0.15) is 19.1 Å². The number of nitriles is 1. The highest BCUT2D eigenvalue weighted by atomic mass is 19.3. The van der Waals surface area contributed by atoms with Gasteiger partial charge in [0, 0.05) is 28.5 Å². The van der Waals surface area contributed by atoms with Crippen LogP contribution in [0.2, 0.25) is 0 Å². The van der Waals surface area contributed by atoms with Gasteiger partial charge in [0.05, 0.1) is 36.4 Å². The molecule has 0 fully saturated rings. The number of alkyl halides is 6. The highest BCUT2D eigenvalue weighted by molar-refractivity contribution is 5.58.